The lowest BCUT2D eigenvalue weighted by Crippen LogP contribution is -1.99. The molecule has 2 N–H and O–H groups in total. The molecule has 0 aromatic heterocycles. The van der Waals surface area contributed by atoms with E-state index in [1.807, 2.05) is 30.3 Å². The Morgan fingerprint density at radius 3 is 2.58 bits per heavy atom. The first-order valence-corrected chi connectivity index (χ1v) is 3.86. The van der Waals surface area contributed by atoms with Crippen molar-refractivity contribution >= 4 is 5.94 Å². The van der Waals surface area contributed by atoms with E-state index in [2.05, 4.69) is 0 Å². The first kappa shape index (κ1) is 8.57. The summed E-state index contributed by atoms with van der Waals surface area (Å²) in [5.41, 5.74) is 6.79. The first-order valence-electron chi connectivity index (χ1n) is 3.86. The molecule has 0 fully saturated rings. The maximum absolute atomic E-state index is 10.0. The minimum absolute atomic E-state index is 0.291. The number of nitrogens with two attached hydrogens (primary N) is 1. The SMILES string of the molecule is NC(=C=O)CCc1ccccc1. The average Bonchev–Trinajstić information content (AvgIpc) is 2.16. The van der Waals surface area contributed by atoms with Gasteiger partial charge in [-0.25, -0.2) is 4.79 Å². The van der Waals surface area contributed by atoms with Gasteiger partial charge < -0.3 is 5.73 Å². The number of aryl methyl sites for hydroxylation is 1. The van der Waals surface area contributed by atoms with Crippen LogP contribution in [0.1, 0.15) is 12.0 Å². The van der Waals surface area contributed by atoms with Crippen LogP contribution in [-0.2, 0) is 11.2 Å². The van der Waals surface area contributed by atoms with E-state index in [0.717, 1.165) is 6.42 Å². The van der Waals surface area contributed by atoms with Crippen molar-refractivity contribution < 1.29 is 4.79 Å². The molecule has 0 saturated carbocycles. The van der Waals surface area contributed by atoms with Crippen molar-refractivity contribution in [3.05, 3.63) is 41.6 Å². The fourth-order valence-corrected chi connectivity index (χ4v) is 0.975. The van der Waals surface area contributed by atoms with Gasteiger partial charge in [0.25, 0.3) is 0 Å². The molecule has 0 aliphatic carbocycles. The van der Waals surface area contributed by atoms with Crippen LogP contribution in [0.2, 0.25) is 0 Å². The summed E-state index contributed by atoms with van der Waals surface area (Å²) in [6.45, 7) is 0. The summed E-state index contributed by atoms with van der Waals surface area (Å²) in [4.78, 5) is 10.0. The normalized spacial score (nSPS) is 9.00. The van der Waals surface area contributed by atoms with Gasteiger partial charge in [0.05, 0.1) is 5.70 Å². The van der Waals surface area contributed by atoms with E-state index >= 15 is 0 Å². The summed E-state index contributed by atoms with van der Waals surface area (Å²) < 4.78 is 0. The van der Waals surface area contributed by atoms with Gasteiger partial charge in [0.15, 0.2) is 0 Å². The lowest BCUT2D eigenvalue weighted by atomic mass is 10.1. The van der Waals surface area contributed by atoms with Gasteiger partial charge in [-0.15, -0.1) is 0 Å². The second kappa shape index (κ2) is 4.37. The summed E-state index contributed by atoms with van der Waals surface area (Å²) >= 11 is 0. The van der Waals surface area contributed by atoms with Crippen LogP contribution in [0.25, 0.3) is 0 Å². The molecule has 1 aromatic rings. The predicted molar refractivity (Wildman–Crippen MR) is 48.2 cm³/mol. The first-order chi connectivity index (χ1) is 5.83. The molecule has 0 aliphatic rings. The molecular weight excluding hydrogens is 150 g/mol. The number of allylic oxidation sites excluding steroid dienone is 1. The second-order valence-corrected chi connectivity index (χ2v) is 2.61. The molecule has 0 radical (unpaired) electrons. The number of benzene rings is 1. The fourth-order valence-electron chi connectivity index (χ4n) is 0.975. The quantitative estimate of drug-likeness (QED) is 0.679. The van der Waals surface area contributed by atoms with Crippen LogP contribution in [-0.4, -0.2) is 5.94 Å². The van der Waals surface area contributed by atoms with Crippen LogP contribution in [0.4, 0.5) is 0 Å². The minimum atomic E-state index is 0.291. The zero-order valence-electron chi connectivity index (χ0n) is 6.79. The van der Waals surface area contributed by atoms with Gasteiger partial charge in [0, 0.05) is 6.42 Å². The molecular formula is C10H11NO. The van der Waals surface area contributed by atoms with Crippen LogP contribution in [0.3, 0.4) is 0 Å². The van der Waals surface area contributed by atoms with E-state index in [-0.39, 0.29) is 0 Å². The van der Waals surface area contributed by atoms with E-state index < -0.39 is 0 Å². The Morgan fingerprint density at radius 1 is 1.33 bits per heavy atom. The monoisotopic (exact) mass is 161 g/mol. The maximum Gasteiger partial charge on any atom is 0.145 e. The highest BCUT2D eigenvalue weighted by Crippen LogP contribution is 2.03. The highest BCUT2D eigenvalue weighted by Gasteiger charge is 1.93. The summed E-state index contributed by atoms with van der Waals surface area (Å²) in [5.74, 6) is 1.68. The summed E-state index contributed by atoms with van der Waals surface area (Å²) in [6, 6.07) is 9.92. The maximum atomic E-state index is 10.0. The summed E-state index contributed by atoms with van der Waals surface area (Å²) in [7, 11) is 0. The van der Waals surface area contributed by atoms with Crippen LogP contribution >= 0.6 is 0 Å². The van der Waals surface area contributed by atoms with Crippen LogP contribution < -0.4 is 5.73 Å². The Hall–Kier alpha value is -1.53. The summed E-state index contributed by atoms with van der Waals surface area (Å²) in [6.07, 6.45) is 1.40. The standard InChI is InChI=1S/C10H11NO/c11-10(8-12)7-6-9-4-2-1-3-5-9/h1-5H,6-7,11H2. The zero-order valence-corrected chi connectivity index (χ0v) is 6.79. The van der Waals surface area contributed by atoms with Gasteiger partial charge in [-0.2, -0.15) is 0 Å². The smallest absolute Gasteiger partial charge is 0.145 e. The molecule has 0 aliphatic heterocycles. The lowest BCUT2D eigenvalue weighted by Gasteiger charge is -1.97. The van der Waals surface area contributed by atoms with E-state index in [4.69, 9.17) is 5.73 Å². The Bertz CT molecular complexity index is 286. The minimum Gasteiger partial charge on any atom is -0.393 e. The van der Waals surface area contributed by atoms with Gasteiger partial charge in [0.1, 0.15) is 5.94 Å². The van der Waals surface area contributed by atoms with Gasteiger partial charge in [-0.05, 0) is 12.0 Å². The van der Waals surface area contributed by atoms with Crippen molar-refractivity contribution in [2.75, 3.05) is 0 Å². The molecule has 0 atom stereocenters. The molecule has 1 rings (SSSR count). The fraction of sp³-hybridized carbons (Fsp3) is 0.200. The molecule has 0 bridgehead atoms. The van der Waals surface area contributed by atoms with E-state index in [9.17, 15) is 4.79 Å². The van der Waals surface area contributed by atoms with Crippen molar-refractivity contribution in [3.63, 3.8) is 0 Å². The van der Waals surface area contributed by atoms with Crippen LogP contribution in [0, 0.1) is 0 Å². The topological polar surface area (TPSA) is 43.1 Å². The van der Waals surface area contributed by atoms with E-state index in [1.165, 1.54) is 5.56 Å². The third kappa shape index (κ3) is 2.60. The van der Waals surface area contributed by atoms with E-state index in [0.29, 0.717) is 12.1 Å². The van der Waals surface area contributed by atoms with Crippen LogP contribution in [0.5, 0.6) is 0 Å². The van der Waals surface area contributed by atoms with Crippen molar-refractivity contribution in [3.8, 4) is 0 Å². The largest absolute Gasteiger partial charge is 0.393 e. The molecule has 12 heavy (non-hydrogen) atoms. The van der Waals surface area contributed by atoms with Crippen molar-refractivity contribution in [2.45, 2.75) is 12.8 Å². The molecule has 0 amide bonds. The lowest BCUT2D eigenvalue weighted by molar-refractivity contribution is 0.565. The molecule has 1 aromatic carbocycles. The zero-order chi connectivity index (χ0) is 8.81. The van der Waals surface area contributed by atoms with Crippen molar-refractivity contribution in [2.24, 2.45) is 5.73 Å². The van der Waals surface area contributed by atoms with E-state index in [1.54, 1.807) is 5.94 Å². The van der Waals surface area contributed by atoms with Crippen molar-refractivity contribution in [1.82, 2.24) is 0 Å². The third-order valence-corrected chi connectivity index (χ3v) is 1.66. The Morgan fingerprint density at radius 2 is 2.00 bits per heavy atom. The Kier molecular flexibility index (Phi) is 3.12. The molecule has 2 heteroatoms. The number of carbonyl (C=O) groups excluding carboxylic acids is 1. The van der Waals surface area contributed by atoms with Crippen LogP contribution in [0.15, 0.2) is 36.0 Å². The second-order valence-electron chi connectivity index (χ2n) is 2.61. The number of hydrogen-bond donors (Lipinski definition) is 1. The Balaban J connectivity index is 2.49. The van der Waals surface area contributed by atoms with Gasteiger partial charge in [0.2, 0.25) is 0 Å². The molecule has 0 spiro atoms. The molecule has 2 nitrogen and oxygen atoms in total. The van der Waals surface area contributed by atoms with Gasteiger partial charge in [-0.3, -0.25) is 0 Å². The summed E-state index contributed by atoms with van der Waals surface area (Å²) in [5, 5.41) is 0. The molecule has 0 unspecified atom stereocenters. The highest BCUT2D eigenvalue weighted by atomic mass is 16.1. The van der Waals surface area contributed by atoms with Crippen molar-refractivity contribution in [1.29, 1.82) is 0 Å². The third-order valence-electron chi connectivity index (χ3n) is 1.66. The molecule has 0 saturated heterocycles. The molecule has 62 valence electrons. The Labute approximate surface area is 71.7 Å². The average molecular weight is 161 g/mol. The molecule has 0 heterocycles. The number of hydrogen-bond acceptors (Lipinski definition) is 2. The highest BCUT2D eigenvalue weighted by molar-refractivity contribution is 5.50. The van der Waals surface area contributed by atoms with Gasteiger partial charge >= 0.3 is 0 Å². The van der Waals surface area contributed by atoms with Gasteiger partial charge in [-0.1, -0.05) is 30.3 Å². The number of rotatable bonds is 3. The predicted octanol–water partition coefficient (Wildman–Crippen LogP) is 1.29.